The highest BCUT2D eigenvalue weighted by atomic mass is 16.8. The zero-order chi connectivity index (χ0) is 70.4. The monoisotopic (exact) mass is 1380 g/mol. The largest absolute Gasteiger partial charge is 0.394 e. The molecule has 0 aromatic heterocycles. The fourth-order valence-corrected chi connectivity index (χ4v) is 12.8. The molecule has 0 aromatic rings. The van der Waals surface area contributed by atoms with Gasteiger partial charge >= 0.3 is 0 Å². The number of carbonyl (C=O) groups is 1. The van der Waals surface area contributed by atoms with Crippen LogP contribution in [-0.4, -0.2) is 193 Å². The molecule has 0 saturated carbocycles. The summed E-state index contributed by atoms with van der Waals surface area (Å²) in [6.45, 7) is 1.62. The zero-order valence-electron chi connectivity index (χ0n) is 60.0. The van der Waals surface area contributed by atoms with Crippen molar-refractivity contribution >= 4 is 5.91 Å². The molecule has 3 aliphatic rings. The molecule has 3 rings (SSSR count). The predicted molar refractivity (Wildman–Crippen MR) is 383 cm³/mol. The minimum Gasteiger partial charge on any atom is -0.394 e. The van der Waals surface area contributed by atoms with E-state index in [1.807, 2.05) is 6.08 Å². The maximum Gasteiger partial charge on any atom is 0.220 e. The Morgan fingerprint density at radius 2 is 0.711 bits per heavy atom. The minimum atomic E-state index is -1.98. The van der Waals surface area contributed by atoms with Crippen molar-refractivity contribution in [2.75, 3.05) is 26.4 Å². The van der Waals surface area contributed by atoms with Gasteiger partial charge in [0.1, 0.15) is 73.2 Å². The van der Waals surface area contributed by atoms with Crippen LogP contribution in [0.2, 0.25) is 0 Å². The van der Waals surface area contributed by atoms with Gasteiger partial charge in [-0.05, 0) is 64.2 Å². The molecular weight excluding hydrogens is 1240 g/mol. The first-order valence-corrected chi connectivity index (χ1v) is 38.7. The molecule has 19 heteroatoms. The van der Waals surface area contributed by atoms with Crippen LogP contribution in [0.1, 0.15) is 284 Å². The highest BCUT2D eigenvalue weighted by Gasteiger charge is 2.53. The van der Waals surface area contributed by atoms with Crippen molar-refractivity contribution < 1.29 is 89.4 Å². The molecule has 3 fully saturated rings. The Hall–Kier alpha value is -2.77. The second-order valence-corrected chi connectivity index (χ2v) is 27.4. The van der Waals surface area contributed by atoms with E-state index >= 15 is 0 Å². The number of carbonyl (C=O) groups excluding carboxylic acids is 1. The highest BCUT2D eigenvalue weighted by molar-refractivity contribution is 5.76. The van der Waals surface area contributed by atoms with Gasteiger partial charge in [0, 0.05) is 6.42 Å². The molecule has 17 unspecified atom stereocenters. The first-order valence-electron chi connectivity index (χ1n) is 38.7. The van der Waals surface area contributed by atoms with Crippen LogP contribution in [-0.2, 0) is 33.2 Å². The quantitative estimate of drug-likeness (QED) is 0.0199. The molecule has 0 radical (unpaired) electrons. The number of aliphatic hydroxyl groups excluding tert-OH is 11. The molecule has 0 aliphatic carbocycles. The summed E-state index contributed by atoms with van der Waals surface area (Å²) in [4.78, 5) is 13.4. The minimum absolute atomic E-state index is 0.245. The number of nitrogens with one attached hydrogen (secondary N) is 1. The fourth-order valence-electron chi connectivity index (χ4n) is 12.8. The number of amides is 1. The molecule has 3 heterocycles. The van der Waals surface area contributed by atoms with Crippen molar-refractivity contribution in [1.29, 1.82) is 0 Å². The third-order valence-electron chi connectivity index (χ3n) is 19.0. The zero-order valence-corrected chi connectivity index (χ0v) is 60.0. The molecule has 564 valence electrons. The van der Waals surface area contributed by atoms with Gasteiger partial charge in [0.25, 0.3) is 0 Å². The van der Waals surface area contributed by atoms with Gasteiger partial charge in [-0.3, -0.25) is 4.79 Å². The fraction of sp³-hybridized carbons (Fsp3) is 0.833. The summed E-state index contributed by atoms with van der Waals surface area (Å²) in [6.07, 6.45) is 49.1. The van der Waals surface area contributed by atoms with Crippen molar-refractivity contribution in [3.05, 3.63) is 72.9 Å². The van der Waals surface area contributed by atoms with E-state index in [2.05, 4.69) is 79.9 Å². The summed E-state index contributed by atoms with van der Waals surface area (Å²) in [6, 6.07) is -0.973. The lowest BCUT2D eigenvalue weighted by Crippen LogP contribution is -2.66. The second kappa shape index (κ2) is 58.7. The Labute approximate surface area is 585 Å². The Morgan fingerprint density at radius 3 is 1.11 bits per heavy atom. The van der Waals surface area contributed by atoms with Gasteiger partial charge in [0.05, 0.1) is 38.6 Å². The van der Waals surface area contributed by atoms with E-state index in [4.69, 9.17) is 28.4 Å². The third kappa shape index (κ3) is 39.5. The number of aliphatic hydroxyl groups is 11. The first kappa shape index (κ1) is 88.4. The summed E-state index contributed by atoms with van der Waals surface area (Å²) >= 11 is 0. The van der Waals surface area contributed by atoms with E-state index in [0.717, 1.165) is 77.0 Å². The SMILES string of the molecule is CC/C=C\C/C=C\C/C=C\C/C=C\C/C=C\CCCCCCCCCCCCCCCCCCCCCCCCCC(=O)NC(COC1OC(CO)C(OC2OC(CO)C(OC3OC(CO)C(O)C(O)C3O)C(O)C2O)C(O)C1O)C(O)/C=C/CCCCCCCCCCCCC. The third-order valence-corrected chi connectivity index (χ3v) is 19.0. The number of rotatable bonds is 60. The van der Waals surface area contributed by atoms with Gasteiger partial charge in [-0.1, -0.05) is 286 Å². The Bertz CT molecular complexity index is 2040. The van der Waals surface area contributed by atoms with E-state index in [1.165, 1.54) is 180 Å². The van der Waals surface area contributed by atoms with Gasteiger partial charge in [0.2, 0.25) is 5.91 Å². The normalized spacial score (nSPS) is 27.3. The lowest BCUT2D eigenvalue weighted by Gasteiger charge is -2.48. The molecule has 0 aromatic carbocycles. The molecule has 1 amide bonds. The summed E-state index contributed by atoms with van der Waals surface area (Å²) in [5.41, 5.74) is 0. The van der Waals surface area contributed by atoms with E-state index < -0.39 is 124 Å². The number of ether oxygens (including phenoxy) is 6. The van der Waals surface area contributed by atoms with Crippen molar-refractivity contribution in [3.8, 4) is 0 Å². The number of hydrogen-bond donors (Lipinski definition) is 12. The Kier molecular flexibility index (Phi) is 53.5. The van der Waals surface area contributed by atoms with Gasteiger partial charge in [-0.15, -0.1) is 0 Å². The van der Waals surface area contributed by atoms with E-state index in [9.17, 15) is 61.0 Å². The van der Waals surface area contributed by atoms with Crippen molar-refractivity contribution in [1.82, 2.24) is 5.32 Å². The lowest BCUT2D eigenvalue weighted by molar-refractivity contribution is -0.379. The molecule has 19 nitrogen and oxygen atoms in total. The number of unbranched alkanes of at least 4 members (excludes halogenated alkanes) is 34. The maximum atomic E-state index is 13.4. The van der Waals surface area contributed by atoms with Crippen molar-refractivity contribution in [2.24, 2.45) is 0 Å². The number of allylic oxidation sites excluding steroid dienone is 11. The topological polar surface area (TPSA) is 307 Å². The first-order chi connectivity index (χ1) is 47.3. The average Bonchev–Trinajstić information content (AvgIpc) is 0.809. The molecule has 3 saturated heterocycles. The van der Waals surface area contributed by atoms with Crippen LogP contribution in [0.5, 0.6) is 0 Å². The molecule has 0 bridgehead atoms. The van der Waals surface area contributed by atoms with Crippen molar-refractivity contribution in [2.45, 2.75) is 388 Å². The van der Waals surface area contributed by atoms with Gasteiger partial charge in [-0.2, -0.15) is 0 Å². The van der Waals surface area contributed by atoms with Gasteiger partial charge in [-0.25, -0.2) is 0 Å². The molecule has 97 heavy (non-hydrogen) atoms. The Morgan fingerprint density at radius 1 is 0.381 bits per heavy atom. The molecule has 3 aliphatic heterocycles. The van der Waals surface area contributed by atoms with Crippen LogP contribution in [0.25, 0.3) is 0 Å². The molecule has 0 spiro atoms. The average molecular weight is 1380 g/mol. The lowest BCUT2D eigenvalue weighted by atomic mass is 9.96. The van der Waals surface area contributed by atoms with Crippen LogP contribution < -0.4 is 5.32 Å². The summed E-state index contributed by atoms with van der Waals surface area (Å²) in [5, 5.41) is 121. The van der Waals surface area contributed by atoms with E-state index in [1.54, 1.807) is 6.08 Å². The van der Waals surface area contributed by atoms with Crippen LogP contribution in [0.3, 0.4) is 0 Å². The maximum absolute atomic E-state index is 13.4. The van der Waals surface area contributed by atoms with Crippen molar-refractivity contribution in [3.63, 3.8) is 0 Å². The van der Waals surface area contributed by atoms with E-state index in [-0.39, 0.29) is 18.9 Å². The Balaban J connectivity index is 1.29. The van der Waals surface area contributed by atoms with Crippen LogP contribution in [0, 0.1) is 0 Å². The van der Waals surface area contributed by atoms with Crippen LogP contribution in [0.15, 0.2) is 72.9 Å². The smallest absolute Gasteiger partial charge is 0.220 e. The predicted octanol–water partition coefficient (Wildman–Crippen LogP) is 12.1. The second-order valence-electron chi connectivity index (χ2n) is 27.4. The summed E-state index contributed by atoms with van der Waals surface area (Å²) in [7, 11) is 0. The van der Waals surface area contributed by atoms with E-state index in [0.29, 0.717) is 6.42 Å². The standard InChI is InChI=1S/C78H139NO18/c1-3-5-7-9-11-13-15-17-18-19-20-21-22-23-24-25-26-27-28-29-30-31-32-33-34-35-36-37-38-39-40-41-42-44-46-48-50-52-54-56-66(84)79-61(62(83)55-53-51-49-47-45-43-16-14-12-10-8-6-4-2)60-92-76-72(90)69(87)74(64(58-81)94-76)97-78-73(91)70(88)75(65(59-82)95-78)96-77-71(89)68(86)67(85)63(57-80)93-77/h5,7,11,13,17-18,20-21,23-24,53,55,61-65,67-78,80-83,85-91H,3-4,6,8-10,12,14-16,19,22,25-52,54,56-60H2,1-2H3,(H,79,84)/b7-5-,13-11-,18-17-,21-20-,24-23-,55-53+. The molecule has 12 N–H and O–H groups in total. The summed E-state index contributed by atoms with van der Waals surface area (Å²) < 4.78 is 34.4. The molecule has 17 atom stereocenters. The van der Waals surface area contributed by atoms with Crippen LogP contribution >= 0.6 is 0 Å². The van der Waals surface area contributed by atoms with Crippen LogP contribution in [0.4, 0.5) is 0 Å². The number of hydrogen-bond acceptors (Lipinski definition) is 18. The highest BCUT2D eigenvalue weighted by Crippen LogP contribution is 2.33. The van der Waals surface area contributed by atoms with Gasteiger partial charge < -0.3 is 89.9 Å². The van der Waals surface area contributed by atoms with Gasteiger partial charge in [0.15, 0.2) is 18.9 Å². The molecular formula is C78H139NO18. The summed E-state index contributed by atoms with van der Waals surface area (Å²) in [5.74, 6) is -0.273.